The smallest absolute Gasteiger partial charge is 0.182 e. The van der Waals surface area contributed by atoms with Gasteiger partial charge in [0.2, 0.25) is 0 Å². The van der Waals surface area contributed by atoms with Crippen molar-refractivity contribution in [3.63, 3.8) is 0 Å². The van der Waals surface area contributed by atoms with Crippen LogP contribution in [0, 0.1) is 30.2 Å². The molecule has 100 valence electrons. The molecule has 2 aromatic rings. The lowest BCUT2D eigenvalue weighted by molar-refractivity contribution is 0.497. The van der Waals surface area contributed by atoms with Crippen molar-refractivity contribution in [3.05, 3.63) is 64.7 Å². The third kappa shape index (κ3) is 3.05. The minimum absolute atomic E-state index is 0.0728. The molecule has 0 aliphatic carbocycles. The molecule has 1 nitrogen and oxygen atoms in total. The standard InChI is InChI=1S/C14H11F4N/c1-8-2-3-10(15)4-9(8)7-19-13-6-11(16)5-12(17)14(13)18/h2-6,19H,7H2,1H3. The van der Waals surface area contributed by atoms with Gasteiger partial charge in [0.05, 0.1) is 5.69 Å². The van der Waals surface area contributed by atoms with Crippen molar-refractivity contribution in [2.45, 2.75) is 13.5 Å². The molecule has 0 amide bonds. The highest BCUT2D eigenvalue weighted by atomic mass is 19.2. The normalized spacial score (nSPS) is 10.6. The van der Waals surface area contributed by atoms with Crippen LogP contribution in [0.2, 0.25) is 0 Å². The summed E-state index contributed by atoms with van der Waals surface area (Å²) in [4.78, 5) is 0. The van der Waals surface area contributed by atoms with Gasteiger partial charge >= 0.3 is 0 Å². The number of anilines is 1. The molecule has 0 saturated heterocycles. The van der Waals surface area contributed by atoms with E-state index in [0.29, 0.717) is 11.6 Å². The second kappa shape index (κ2) is 5.30. The summed E-state index contributed by atoms with van der Waals surface area (Å²) in [6, 6.07) is 5.49. The van der Waals surface area contributed by atoms with Gasteiger partial charge in [0.25, 0.3) is 0 Å². The van der Waals surface area contributed by atoms with E-state index >= 15 is 0 Å². The van der Waals surface area contributed by atoms with Gasteiger partial charge in [-0.05, 0) is 30.2 Å². The molecule has 0 atom stereocenters. The Morgan fingerprint density at radius 1 is 0.947 bits per heavy atom. The summed E-state index contributed by atoms with van der Waals surface area (Å²) in [5.74, 6) is -3.72. The van der Waals surface area contributed by atoms with Crippen molar-refractivity contribution in [1.29, 1.82) is 0 Å². The van der Waals surface area contributed by atoms with Crippen molar-refractivity contribution >= 4 is 5.69 Å². The van der Waals surface area contributed by atoms with Gasteiger partial charge in [-0.2, -0.15) is 0 Å². The third-order valence-corrected chi connectivity index (χ3v) is 2.77. The van der Waals surface area contributed by atoms with Gasteiger partial charge in [0, 0.05) is 18.7 Å². The Kier molecular flexibility index (Phi) is 3.74. The topological polar surface area (TPSA) is 12.0 Å². The van der Waals surface area contributed by atoms with E-state index in [9.17, 15) is 17.6 Å². The Bertz CT molecular complexity index is 611. The summed E-state index contributed by atoms with van der Waals surface area (Å²) in [5, 5.41) is 2.56. The van der Waals surface area contributed by atoms with Crippen LogP contribution in [-0.4, -0.2) is 0 Å². The minimum Gasteiger partial charge on any atom is -0.378 e. The largest absolute Gasteiger partial charge is 0.378 e. The van der Waals surface area contributed by atoms with Gasteiger partial charge in [-0.3, -0.25) is 0 Å². The van der Waals surface area contributed by atoms with Crippen LogP contribution in [0.15, 0.2) is 30.3 Å². The SMILES string of the molecule is Cc1ccc(F)cc1CNc1cc(F)cc(F)c1F. The van der Waals surface area contributed by atoms with Gasteiger partial charge in [-0.1, -0.05) is 6.07 Å². The lowest BCUT2D eigenvalue weighted by Gasteiger charge is -2.10. The van der Waals surface area contributed by atoms with Crippen LogP contribution >= 0.6 is 0 Å². The van der Waals surface area contributed by atoms with Gasteiger partial charge in [0.15, 0.2) is 11.6 Å². The van der Waals surface area contributed by atoms with Crippen LogP contribution in [0.5, 0.6) is 0 Å². The maximum atomic E-state index is 13.4. The Hall–Kier alpha value is -2.04. The van der Waals surface area contributed by atoms with E-state index in [-0.39, 0.29) is 12.2 Å². The average Bonchev–Trinajstić information content (AvgIpc) is 2.35. The molecular weight excluding hydrogens is 258 g/mol. The molecule has 5 heteroatoms. The predicted octanol–water partition coefficient (Wildman–Crippen LogP) is 4.16. The number of halogens is 4. The molecule has 0 aliphatic heterocycles. The summed E-state index contributed by atoms with van der Waals surface area (Å²) < 4.78 is 52.4. The van der Waals surface area contributed by atoms with E-state index < -0.39 is 23.3 Å². The van der Waals surface area contributed by atoms with Crippen molar-refractivity contribution in [2.75, 3.05) is 5.32 Å². The molecule has 0 unspecified atom stereocenters. The first kappa shape index (κ1) is 13.4. The van der Waals surface area contributed by atoms with Crippen LogP contribution in [0.4, 0.5) is 23.2 Å². The van der Waals surface area contributed by atoms with Gasteiger partial charge in [-0.15, -0.1) is 0 Å². The van der Waals surface area contributed by atoms with E-state index in [1.807, 2.05) is 0 Å². The molecule has 0 heterocycles. The molecule has 19 heavy (non-hydrogen) atoms. The van der Waals surface area contributed by atoms with E-state index in [0.717, 1.165) is 11.6 Å². The Balaban J connectivity index is 2.21. The van der Waals surface area contributed by atoms with Crippen molar-refractivity contribution in [1.82, 2.24) is 0 Å². The zero-order chi connectivity index (χ0) is 14.0. The molecule has 0 saturated carbocycles. The van der Waals surface area contributed by atoms with E-state index in [1.54, 1.807) is 13.0 Å². The molecule has 0 spiro atoms. The third-order valence-electron chi connectivity index (χ3n) is 2.77. The molecule has 0 fully saturated rings. The molecule has 2 rings (SSSR count). The fourth-order valence-corrected chi connectivity index (χ4v) is 1.71. The van der Waals surface area contributed by atoms with Crippen LogP contribution in [-0.2, 0) is 6.54 Å². The quantitative estimate of drug-likeness (QED) is 0.651. The lowest BCUT2D eigenvalue weighted by Crippen LogP contribution is -2.05. The zero-order valence-electron chi connectivity index (χ0n) is 10.1. The highest BCUT2D eigenvalue weighted by Crippen LogP contribution is 2.20. The molecule has 0 radical (unpaired) electrons. The molecular formula is C14H11F4N. The highest BCUT2D eigenvalue weighted by molar-refractivity contribution is 5.46. The van der Waals surface area contributed by atoms with E-state index in [4.69, 9.17) is 0 Å². The predicted molar refractivity (Wildman–Crippen MR) is 64.8 cm³/mol. The molecule has 0 aromatic heterocycles. The maximum Gasteiger partial charge on any atom is 0.182 e. The first-order valence-electron chi connectivity index (χ1n) is 5.61. The van der Waals surface area contributed by atoms with Gasteiger partial charge < -0.3 is 5.32 Å². The summed E-state index contributed by atoms with van der Waals surface area (Å²) in [6.45, 7) is 1.84. The minimum atomic E-state index is -1.27. The first-order valence-corrected chi connectivity index (χ1v) is 5.61. The molecule has 0 aliphatic rings. The summed E-state index contributed by atoms with van der Waals surface area (Å²) in [7, 11) is 0. The highest BCUT2D eigenvalue weighted by Gasteiger charge is 2.11. The Labute approximate surface area is 107 Å². The first-order chi connectivity index (χ1) is 8.97. The summed E-state index contributed by atoms with van der Waals surface area (Å²) >= 11 is 0. The van der Waals surface area contributed by atoms with Crippen LogP contribution < -0.4 is 5.32 Å². The lowest BCUT2D eigenvalue weighted by atomic mass is 10.1. The fraction of sp³-hybridized carbons (Fsp3) is 0.143. The number of rotatable bonds is 3. The Morgan fingerprint density at radius 3 is 2.42 bits per heavy atom. The number of hydrogen-bond acceptors (Lipinski definition) is 1. The van der Waals surface area contributed by atoms with Crippen molar-refractivity contribution in [3.8, 4) is 0 Å². The maximum absolute atomic E-state index is 13.4. The number of nitrogens with one attached hydrogen (secondary N) is 1. The van der Waals surface area contributed by atoms with Crippen molar-refractivity contribution < 1.29 is 17.6 Å². The summed E-state index contributed by atoms with van der Waals surface area (Å²) in [6.07, 6.45) is 0. The monoisotopic (exact) mass is 269 g/mol. The molecule has 0 bridgehead atoms. The number of aryl methyl sites for hydroxylation is 1. The second-order valence-electron chi connectivity index (χ2n) is 4.17. The van der Waals surface area contributed by atoms with Crippen LogP contribution in [0.25, 0.3) is 0 Å². The number of benzene rings is 2. The summed E-state index contributed by atoms with van der Waals surface area (Å²) in [5.41, 5.74) is 1.09. The Morgan fingerprint density at radius 2 is 1.68 bits per heavy atom. The zero-order valence-corrected chi connectivity index (χ0v) is 10.1. The molecule has 2 aromatic carbocycles. The average molecular weight is 269 g/mol. The van der Waals surface area contributed by atoms with Gasteiger partial charge in [-0.25, -0.2) is 17.6 Å². The molecule has 1 N–H and O–H groups in total. The van der Waals surface area contributed by atoms with E-state index in [1.165, 1.54) is 12.1 Å². The fourth-order valence-electron chi connectivity index (χ4n) is 1.71. The van der Waals surface area contributed by atoms with Crippen LogP contribution in [0.1, 0.15) is 11.1 Å². The number of hydrogen-bond donors (Lipinski definition) is 1. The second-order valence-corrected chi connectivity index (χ2v) is 4.17. The van der Waals surface area contributed by atoms with Crippen molar-refractivity contribution in [2.24, 2.45) is 0 Å². The van der Waals surface area contributed by atoms with E-state index in [2.05, 4.69) is 5.32 Å². The van der Waals surface area contributed by atoms with Crippen LogP contribution in [0.3, 0.4) is 0 Å². The van der Waals surface area contributed by atoms with Gasteiger partial charge in [0.1, 0.15) is 11.6 Å².